The van der Waals surface area contributed by atoms with Gasteiger partial charge < -0.3 is 19.3 Å². The number of rotatable bonds is 8. The number of hydrogen-bond acceptors (Lipinski definition) is 7. The molecule has 0 aliphatic rings. The van der Waals surface area contributed by atoms with Crippen LogP contribution in [0.15, 0.2) is 46.5 Å². The Morgan fingerprint density at radius 3 is 2.27 bits per heavy atom. The predicted molar refractivity (Wildman–Crippen MR) is 114 cm³/mol. The Bertz CT molecular complexity index is 1060. The Labute approximate surface area is 181 Å². The van der Waals surface area contributed by atoms with Gasteiger partial charge in [-0.1, -0.05) is 11.6 Å². The number of nitrogens with zero attached hydrogens (tertiary/aromatic N) is 2. The largest absolute Gasteiger partial charge is 0.496 e. The number of aromatic amines is 1. The molecule has 1 aromatic heterocycles. The Hall–Kier alpha value is -3.17. The molecule has 1 heterocycles. The zero-order chi connectivity index (χ0) is 21.7. The zero-order valence-electron chi connectivity index (χ0n) is 16.3. The number of carboxylic acid groups (broad SMARTS) is 1. The van der Waals surface area contributed by atoms with Crippen molar-refractivity contribution in [3.8, 4) is 28.6 Å². The molecular formula is C20H18ClN3O5S. The van der Waals surface area contributed by atoms with Crippen LogP contribution in [-0.2, 0) is 4.79 Å². The summed E-state index contributed by atoms with van der Waals surface area (Å²) in [5, 5.41) is 17.5. The maximum Gasteiger partial charge on any atom is 0.342 e. The first-order valence-electron chi connectivity index (χ1n) is 8.56. The summed E-state index contributed by atoms with van der Waals surface area (Å²) in [6.45, 7) is 0. The van der Waals surface area contributed by atoms with Crippen LogP contribution >= 0.6 is 23.4 Å². The molecule has 3 rings (SSSR count). The second-order valence-corrected chi connectivity index (χ2v) is 7.28. The Morgan fingerprint density at radius 1 is 1.10 bits per heavy atom. The van der Waals surface area contributed by atoms with Gasteiger partial charge in [-0.25, -0.2) is 9.78 Å². The van der Waals surface area contributed by atoms with Crippen LogP contribution in [0.25, 0.3) is 17.5 Å². The van der Waals surface area contributed by atoms with E-state index in [-0.39, 0.29) is 10.1 Å². The van der Waals surface area contributed by atoms with Gasteiger partial charge in [-0.2, -0.15) is 0 Å². The van der Waals surface area contributed by atoms with E-state index in [0.717, 1.165) is 17.3 Å². The van der Waals surface area contributed by atoms with Gasteiger partial charge in [0.05, 0.1) is 26.9 Å². The van der Waals surface area contributed by atoms with Gasteiger partial charge in [0.15, 0.2) is 5.82 Å². The monoisotopic (exact) mass is 447 g/mol. The molecule has 0 aliphatic carbocycles. The molecule has 10 heteroatoms. The molecule has 156 valence electrons. The average Bonchev–Trinajstić information content (AvgIpc) is 3.22. The summed E-state index contributed by atoms with van der Waals surface area (Å²) >= 11 is 6.80. The van der Waals surface area contributed by atoms with Gasteiger partial charge >= 0.3 is 5.97 Å². The van der Waals surface area contributed by atoms with Gasteiger partial charge in [0, 0.05) is 22.7 Å². The number of ether oxygens (including phenoxy) is 3. The highest BCUT2D eigenvalue weighted by Crippen LogP contribution is 2.38. The van der Waals surface area contributed by atoms with Crippen molar-refractivity contribution in [1.29, 1.82) is 0 Å². The summed E-state index contributed by atoms with van der Waals surface area (Å²) in [5.41, 5.74) is 1.23. The van der Waals surface area contributed by atoms with E-state index in [4.69, 9.17) is 25.8 Å². The molecule has 0 saturated heterocycles. The highest BCUT2D eigenvalue weighted by Gasteiger charge is 2.18. The van der Waals surface area contributed by atoms with E-state index in [2.05, 4.69) is 15.2 Å². The Balaban J connectivity index is 1.95. The minimum atomic E-state index is -1.14. The fourth-order valence-corrected chi connectivity index (χ4v) is 3.38. The molecule has 0 bridgehead atoms. The molecule has 0 unspecified atom stereocenters. The van der Waals surface area contributed by atoms with Crippen LogP contribution in [0.2, 0.25) is 5.02 Å². The number of methoxy groups -OCH3 is 3. The lowest BCUT2D eigenvalue weighted by Gasteiger charge is -2.13. The minimum Gasteiger partial charge on any atom is -0.496 e. The van der Waals surface area contributed by atoms with E-state index in [0.29, 0.717) is 33.7 Å². The first kappa shape index (κ1) is 21.5. The van der Waals surface area contributed by atoms with E-state index >= 15 is 0 Å². The fourth-order valence-electron chi connectivity index (χ4n) is 2.57. The van der Waals surface area contributed by atoms with Gasteiger partial charge in [-0.15, -0.1) is 5.10 Å². The van der Waals surface area contributed by atoms with E-state index in [9.17, 15) is 9.90 Å². The quantitative estimate of drug-likeness (QED) is 0.387. The summed E-state index contributed by atoms with van der Waals surface area (Å²) in [7, 11) is 4.48. The number of aromatic nitrogens is 3. The number of benzene rings is 2. The molecular weight excluding hydrogens is 430 g/mol. The lowest BCUT2D eigenvalue weighted by atomic mass is 10.1. The van der Waals surface area contributed by atoms with Crippen LogP contribution in [0.4, 0.5) is 0 Å². The van der Waals surface area contributed by atoms with E-state index in [1.165, 1.54) is 27.4 Å². The summed E-state index contributed by atoms with van der Waals surface area (Å²) < 4.78 is 16.0. The Kier molecular flexibility index (Phi) is 6.86. The minimum absolute atomic E-state index is 0.0153. The predicted octanol–water partition coefficient (Wildman–Crippen LogP) is 4.37. The molecule has 8 nitrogen and oxygen atoms in total. The van der Waals surface area contributed by atoms with Gasteiger partial charge in [-0.05, 0) is 42.1 Å². The molecule has 3 aromatic rings. The normalized spacial score (nSPS) is 11.3. The molecule has 0 spiro atoms. The molecule has 0 saturated carbocycles. The summed E-state index contributed by atoms with van der Waals surface area (Å²) in [6.07, 6.45) is 1.45. The first-order chi connectivity index (χ1) is 14.4. The first-order valence-corrected chi connectivity index (χ1v) is 9.75. The maximum absolute atomic E-state index is 11.9. The molecule has 0 radical (unpaired) electrons. The van der Waals surface area contributed by atoms with E-state index < -0.39 is 5.97 Å². The number of halogens is 1. The number of hydrogen-bond donors (Lipinski definition) is 2. The molecule has 0 amide bonds. The summed E-state index contributed by atoms with van der Waals surface area (Å²) in [6, 6.07) is 10.3. The second kappa shape index (κ2) is 9.55. The van der Waals surface area contributed by atoms with Crippen LogP contribution in [0.1, 0.15) is 5.56 Å². The van der Waals surface area contributed by atoms with Gasteiger partial charge in [0.2, 0.25) is 5.16 Å². The van der Waals surface area contributed by atoms with Gasteiger partial charge in [0.25, 0.3) is 0 Å². The van der Waals surface area contributed by atoms with Crippen LogP contribution in [-0.4, -0.2) is 47.6 Å². The van der Waals surface area contributed by atoms with Crippen molar-refractivity contribution in [2.24, 2.45) is 0 Å². The third-order valence-electron chi connectivity index (χ3n) is 4.02. The number of aliphatic carboxylic acids is 1. The van der Waals surface area contributed by atoms with Crippen LogP contribution in [0.5, 0.6) is 17.2 Å². The average molecular weight is 448 g/mol. The third-order valence-corrected chi connectivity index (χ3v) is 5.15. The number of carboxylic acids is 1. The topological polar surface area (TPSA) is 107 Å². The van der Waals surface area contributed by atoms with Crippen molar-refractivity contribution in [3.63, 3.8) is 0 Å². The molecule has 0 fully saturated rings. The highest BCUT2D eigenvalue weighted by molar-refractivity contribution is 8.04. The smallest absolute Gasteiger partial charge is 0.342 e. The molecule has 0 atom stereocenters. The third kappa shape index (κ3) is 4.87. The van der Waals surface area contributed by atoms with Crippen molar-refractivity contribution in [2.45, 2.75) is 5.16 Å². The van der Waals surface area contributed by atoms with Gasteiger partial charge in [-0.3, -0.25) is 5.10 Å². The number of nitrogens with one attached hydrogen (secondary N) is 1. The number of H-pyrrole nitrogens is 1. The second-order valence-electron chi connectivity index (χ2n) is 5.83. The SMILES string of the molecule is COc1cc(OC)c(/C=C(\Sc2n[nH]c(-c3ccc(Cl)cc3)n2)C(=O)O)c(OC)c1. The molecule has 2 aromatic carbocycles. The number of thioether (sulfide) groups is 1. The van der Waals surface area contributed by atoms with E-state index in [1.807, 2.05) is 0 Å². The molecule has 0 aliphatic heterocycles. The van der Waals surface area contributed by atoms with Crippen LogP contribution in [0, 0.1) is 0 Å². The maximum atomic E-state index is 11.9. The standard InChI is InChI=1S/C20H18ClN3O5S/c1-27-13-8-15(28-2)14(16(9-13)29-3)10-17(19(25)26)30-20-22-18(23-24-20)11-4-6-12(21)7-5-11/h4-10H,1-3H3,(H,25,26)(H,22,23,24)/b17-10-. The van der Waals surface area contributed by atoms with Crippen LogP contribution < -0.4 is 14.2 Å². The van der Waals surface area contributed by atoms with Gasteiger partial charge in [0.1, 0.15) is 22.2 Å². The van der Waals surface area contributed by atoms with Crippen molar-refractivity contribution in [3.05, 3.63) is 51.9 Å². The van der Waals surface area contributed by atoms with Crippen molar-refractivity contribution in [2.75, 3.05) is 21.3 Å². The summed E-state index contributed by atoms with van der Waals surface area (Å²) in [4.78, 5) is 16.2. The number of carbonyl (C=O) groups is 1. The molecule has 2 N–H and O–H groups in total. The highest BCUT2D eigenvalue weighted by atomic mass is 35.5. The van der Waals surface area contributed by atoms with E-state index in [1.54, 1.807) is 36.4 Å². The van der Waals surface area contributed by atoms with Crippen molar-refractivity contribution >= 4 is 35.4 Å². The fraction of sp³-hybridized carbons (Fsp3) is 0.150. The Morgan fingerprint density at radius 2 is 1.73 bits per heavy atom. The van der Waals surface area contributed by atoms with Crippen LogP contribution in [0.3, 0.4) is 0 Å². The van der Waals surface area contributed by atoms with Crippen molar-refractivity contribution in [1.82, 2.24) is 15.2 Å². The van der Waals surface area contributed by atoms with Crippen molar-refractivity contribution < 1.29 is 24.1 Å². The zero-order valence-corrected chi connectivity index (χ0v) is 17.9. The lowest BCUT2D eigenvalue weighted by molar-refractivity contribution is -0.131. The lowest BCUT2D eigenvalue weighted by Crippen LogP contribution is -2.00. The summed E-state index contributed by atoms with van der Waals surface area (Å²) in [5.74, 6) is 0.688. The molecule has 30 heavy (non-hydrogen) atoms.